The molecule has 1 aromatic heterocycles. The van der Waals surface area contributed by atoms with Crippen LogP contribution in [0.4, 0.5) is 5.69 Å². The van der Waals surface area contributed by atoms with Crippen molar-refractivity contribution in [1.82, 2.24) is 14.8 Å². The Morgan fingerprint density at radius 2 is 2.00 bits per heavy atom. The van der Waals surface area contributed by atoms with Gasteiger partial charge in [0.2, 0.25) is 0 Å². The van der Waals surface area contributed by atoms with Gasteiger partial charge < -0.3 is 10.1 Å². The zero-order chi connectivity index (χ0) is 17.8. The summed E-state index contributed by atoms with van der Waals surface area (Å²) in [6.07, 6.45) is 3.11. The molecule has 25 heavy (non-hydrogen) atoms. The number of hydrogen-bond donors (Lipinski definition) is 1. The van der Waals surface area contributed by atoms with Crippen LogP contribution in [0.2, 0.25) is 0 Å². The highest BCUT2D eigenvalue weighted by atomic mass is 16.5. The third-order valence-corrected chi connectivity index (χ3v) is 3.88. The number of hydrogen-bond acceptors (Lipinski definition) is 4. The lowest BCUT2D eigenvalue weighted by molar-refractivity contribution is 0.102. The maximum Gasteiger partial charge on any atom is 0.255 e. The molecule has 1 N–H and O–H groups in total. The predicted molar refractivity (Wildman–Crippen MR) is 96.4 cm³/mol. The molecular formula is C19H20N4O2. The number of amides is 1. The lowest BCUT2D eigenvalue weighted by atomic mass is 10.1. The van der Waals surface area contributed by atoms with Crippen LogP contribution >= 0.6 is 0 Å². The van der Waals surface area contributed by atoms with Crippen LogP contribution in [0.1, 0.15) is 28.4 Å². The lowest BCUT2D eigenvalue weighted by Gasteiger charge is -2.12. The van der Waals surface area contributed by atoms with Gasteiger partial charge in [-0.05, 0) is 68.3 Å². The lowest BCUT2D eigenvalue weighted by Crippen LogP contribution is -2.13. The van der Waals surface area contributed by atoms with E-state index in [1.54, 1.807) is 17.1 Å². The molecule has 1 heterocycles. The first-order valence-electron chi connectivity index (χ1n) is 8.09. The Morgan fingerprint density at radius 1 is 1.16 bits per heavy atom. The van der Waals surface area contributed by atoms with Gasteiger partial charge in [0.05, 0.1) is 12.3 Å². The van der Waals surface area contributed by atoms with E-state index in [2.05, 4.69) is 15.4 Å². The molecule has 0 aliphatic carbocycles. The van der Waals surface area contributed by atoms with Crippen LogP contribution in [0.15, 0.2) is 49.1 Å². The Kier molecular flexibility index (Phi) is 4.79. The molecule has 0 saturated carbocycles. The summed E-state index contributed by atoms with van der Waals surface area (Å²) in [5.41, 5.74) is 4.16. The monoisotopic (exact) mass is 336 g/mol. The molecule has 0 aliphatic rings. The van der Waals surface area contributed by atoms with Gasteiger partial charge in [-0.15, -0.1) is 0 Å². The van der Waals surface area contributed by atoms with E-state index in [-0.39, 0.29) is 5.91 Å². The fourth-order valence-corrected chi connectivity index (χ4v) is 2.61. The SMILES string of the molecule is CCOc1ccc(NC(=O)c2ccc(-n3cncn3)c(C)c2)c(C)c1. The summed E-state index contributed by atoms with van der Waals surface area (Å²) >= 11 is 0. The standard InChI is InChI=1S/C19H20N4O2/c1-4-25-16-6-7-17(13(2)10-16)22-19(24)15-5-8-18(14(3)9-15)23-12-20-11-21-23/h5-12H,4H2,1-3H3,(H,22,24). The van der Waals surface area contributed by atoms with Gasteiger partial charge in [0.1, 0.15) is 18.4 Å². The second-order valence-corrected chi connectivity index (χ2v) is 5.71. The van der Waals surface area contributed by atoms with Crippen LogP contribution in [0, 0.1) is 13.8 Å². The van der Waals surface area contributed by atoms with Crippen LogP contribution in [0.3, 0.4) is 0 Å². The van der Waals surface area contributed by atoms with E-state index >= 15 is 0 Å². The molecule has 0 atom stereocenters. The van der Waals surface area contributed by atoms with Crippen molar-refractivity contribution in [3.05, 3.63) is 65.7 Å². The Morgan fingerprint density at radius 3 is 2.64 bits per heavy atom. The number of anilines is 1. The number of carbonyl (C=O) groups excluding carboxylic acids is 1. The van der Waals surface area contributed by atoms with Crippen molar-refractivity contribution in [3.63, 3.8) is 0 Å². The van der Waals surface area contributed by atoms with Crippen molar-refractivity contribution in [3.8, 4) is 11.4 Å². The molecule has 0 bridgehead atoms. The number of nitrogens with zero attached hydrogens (tertiary/aromatic N) is 3. The zero-order valence-corrected chi connectivity index (χ0v) is 14.5. The zero-order valence-electron chi connectivity index (χ0n) is 14.5. The maximum absolute atomic E-state index is 12.5. The number of benzene rings is 2. The van der Waals surface area contributed by atoms with Crippen molar-refractivity contribution in [2.75, 3.05) is 11.9 Å². The fourth-order valence-electron chi connectivity index (χ4n) is 2.61. The largest absolute Gasteiger partial charge is 0.494 e. The van der Waals surface area contributed by atoms with Crippen LogP contribution in [0.5, 0.6) is 5.75 Å². The summed E-state index contributed by atoms with van der Waals surface area (Å²) in [6.45, 7) is 6.44. The highest BCUT2D eigenvalue weighted by Gasteiger charge is 2.11. The summed E-state index contributed by atoms with van der Waals surface area (Å²) < 4.78 is 7.14. The molecule has 0 unspecified atom stereocenters. The summed E-state index contributed by atoms with van der Waals surface area (Å²) in [4.78, 5) is 16.5. The van der Waals surface area contributed by atoms with Gasteiger partial charge >= 0.3 is 0 Å². The minimum Gasteiger partial charge on any atom is -0.494 e. The maximum atomic E-state index is 12.5. The summed E-state index contributed by atoms with van der Waals surface area (Å²) in [7, 11) is 0. The van der Waals surface area contributed by atoms with Crippen LogP contribution < -0.4 is 10.1 Å². The van der Waals surface area contributed by atoms with Crippen molar-refractivity contribution in [2.45, 2.75) is 20.8 Å². The highest BCUT2D eigenvalue weighted by molar-refractivity contribution is 6.05. The fraction of sp³-hybridized carbons (Fsp3) is 0.211. The molecular weight excluding hydrogens is 316 g/mol. The van der Waals surface area contributed by atoms with E-state index in [0.29, 0.717) is 12.2 Å². The quantitative estimate of drug-likeness (QED) is 0.774. The molecule has 6 heteroatoms. The molecule has 0 spiro atoms. The minimum absolute atomic E-state index is 0.152. The molecule has 0 saturated heterocycles. The van der Waals surface area contributed by atoms with Crippen LogP contribution in [-0.2, 0) is 0 Å². The third kappa shape index (κ3) is 3.68. The summed E-state index contributed by atoms with van der Waals surface area (Å²) in [6, 6.07) is 11.1. The average Bonchev–Trinajstić information content (AvgIpc) is 3.11. The molecule has 0 radical (unpaired) electrons. The van der Waals surface area contributed by atoms with Crippen molar-refractivity contribution in [2.24, 2.45) is 0 Å². The molecule has 3 rings (SSSR count). The number of ether oxygens (including phenoxy) is 1. The minimum atomic E-state index is -0.152. The van der Waals surface area contributed by atoms with E-state index in [0.717, 1.165) is 28.3 Å². The summed E-state index contributed by atoms with van der Waals surface area (Å²) in [5.74, 6) is 0.645. The van der Waals surface area contributed by atoms with Crippen molar-refractivity contribution < 1.29 is 9.53 Å². The second kappa shape index (κ2) is 7.17. The smallest absolute Gasteiger partial charge is 0.255 e. The number of aromatic nitrogens is 3. The molecule has 3 aromatic rings. The predicted octanol–water partition coefficient (Wildman–Crippen LogP) is 3.54. The summed E-state index contributed by atoms with van der Waals surface area (Å²) in [5, 5.41) is 7.07. The first kappa shape index (κ1) is 16.7. The topological polar surface area (TPSA) is 69.0 Å². The van der Waals surface area contributed by atoms with Crippen molar-refractivity contribution in [1.29, 1.82) is 0 Å². The molecule has 2 aromatic carbocycles. The van der Waals surface area contributed by atoms with Gasteiger partial charge in [-0.25, -0.2) is 9.67 Å². The van der Waals surface area contributed by atoms with Crippen molar-refractivity contribution >= 4 is 11.6 Å². The molecule has 0 aliphatic heterocycles. The third-order valence-electron chi connectivity index (χ3n) is 3.88. The first-order valence-corrected chi connectivity index (χ1v) is 8.09. The number of aryl methyl sites for hydroxylation is 2. The van der Waals surface area contributed by atoms with E-state index in [9.17, 15) is 4.79 Å². The van der Waals surface area contributed by atoms with Gasteiger partial charge in [0.15, 0.2) is 0 Å². The Balaban J connectivity index is 1.79. The number of carbonyl (C=O) groups is 1. The molecule has 1 amide bonds. The number of rotatable bonds is 5. The van der Waals surface area contributed by atoms with Gasteiger partial charge in [-0.1, -0.05) is 0 Å². The Hall–Kier alpha value is -3.15. The van der Waals surface area contributed by atoms with E-state index in [4.69, 9.17) is 4.74 Å². The van der Waals surface area contributed by atoms with E-state index in [1.807, 2.05) is 51.1 Å². The molecule has 128 valence electrons. The van der Waals surface area contributed by atoms with Crippen LogP contribution in [0.25, 0.3) is 5.69 Å². The average molecular weight is 336 g/mol. The molecule has 0 fully saturated rings. The Labute approximate surface area is 146 Å². The highest BCUT2D eigenvalue weighted by Crippen LogP contribution is 2.22. The van der Waals surface area contributed by atoms with E-state index in [1.165, 1.54) is 6.33 Å². The van der Waals surface area contributed by atoms with Gasteiger partial charge in [0, 0.05) is 11.3 Å². The van der Waals surface area contributed by atoms with Gasteiger partial charge in [0.25, 0.3) is 5.91 Å². The first-order chi connectivity index (χ1) is 12.1. The Bertz CT molecular complexity index is 888. The second-order valence-electron chi connectivity index (χ2n) is 5.71. The normalized spacial score (nSPS) is 10.5. The van der Waals surface area contributed by atoms with Gasteiger partial charge in [-0.3, -0.25) is 4.79 Å². The number of nitrogens with one attached hydrogen (secondary N) is 1. The van der Waals surface area contributed by atoms with Gasteiger partial charge in [-0.2, -0.15) is 5.10 Å². The van der Waals surface area contributed by atoms with Crippen LogP contribution in [-0.4, -0.2) is 27.3 Å². The van der Waals surface area contributed by atoms with E-state index < -0.39 is 0 Å². The molecule has 6 nitrogen and oxygen atoms in total.